The fraction of sp³-hybridized carbons (Fsp3) is 0.611. The van der Waals surface area contributed by atoms with Gasteiger partial charge in [0.15, 0.2) is 0 Å². The lowest BCUT2D eigenvalue weighted by Gasteiger charge is -2.40. The molecule has 0 unspecified atom stereocenters. The molecule has 3 heteroatoms. The maximum Gasteiger partial charge on any atom is 0.240 e. The van der Waals surface area contributed by atoms with Crippen LogP contribution in [0.1, 0.15) is 44.2 Å². The number of rotatable bonds is 2. The molecule has 0 aliphatic carbocycles. The zero-order valence-electron chi connectivity index (χ0n) is 13.2. The van der Waals surface area contributed by atoms with Crippen molar-refractivity contribution in [1.82, 2.24) is 10.2 Å². The monoisotopic (exact) mass is 286 g/mol. The first-order chi connectivity index (χ1) is 10.1. The Morgan fingerprint density at radius 2 is 1.95 bits per heavy atom. The van der Waals surface area contributed by atoms with Crippen LogP contribution in [-0.4, -0.2) is 29.9 Å². The summed E-state index contributed by atoms with van der Waals surface area (Å²) in [4.78, 5) is 14.8. The number of likely N-dealkylation sites (tertiary alicyclic amines) is 1. The number of amides is 1. The van der Waals surface area contributed by atoms with E-state index in [-0.39, 0.29) is 6.04 Å². The van der Waals surface area contributed by atoms with E-state index in [0.717, 1.165) is 38.9 Å². The van der Waals surface area contributed by atoms with Gasteiger partial charge in [0.2, 0.25) is 5.91 Å². The Hall–Kier alpha value is -1.35. The van der Waals surface area contributed by atoms with E-state index < -0.39 is 0 Å². The highest BCUT2D eigenvalue weighted by molar-refractivity contribution is 5.82. The third kappa shape index (κ3) is 2.98. The van der Waals surface area contributed by atoms with Gasteiger partial charge in [-0.3, -0.25) is 4.79 Å². The first kappa shape index (κ1) is 14.6. The minimum Gasteiger partial charge on any atom is -0.341 e. The van der Waals surface area contributed by atoms with E-state index in [1.165, 1.54) is 17.5 Å². The number of nitrogens with zero attached hydrogens (tertiary/aromatic N) is 1. The molecule has 2 aliphatic heterocycles. The highest BCUT2D eigenvalue weighted by Gasteiger charge is 2.33. The summed E-state index contributed by atoms with van der Waals surface area (Å²) >= 11 is 0. The molecule has 2 heterocycles. The molecule has 0 spiro atoms. The Bertz CT molecular complexity index is 518. The molecule has 3 rings (SSSR count). The van der Waals surface area contributed by atoms with Gasteiger partial charge in [-0.2, -0.15) is 0 Å². The van der Waals surface area contributed by atoms with Crippen molar-refractivity contribution < 1.29 is 4.79 Å². The molecule has 0 radical (unpaired) electrons. The van der Waals surface area contributed by atoms with E-state index in [1.54, 1.807) is 0 Å². The summed E-state index contributed by atoms with van der Waals surface area (Å²) in [6, 6.07) is 8.40. The molecule has 1 aromatic rings. The molecule has 1 amide bonds. The fourth-order valence-electron chi connectivity index (χ4n) is 3.47. The number of nitrogens with one attached hydrogen (secondary N) is 1. The molecule has 1 fully saturated rings. The normalized spacial score (nSPS) is 24.5. The van der Waals surface area contributed by atoms with Crippen LogP contribution in [0.2, 0.25) is 0 Å². The van der Waals surface area contributed by atoms with Crippen molar-refractivity contribution in [3.05, 3.63) is 35.4 Å². The first-order valence-corrected chi connectivity index (χ1v) is 8.20. The average Bonchev–Trinajstić information content (AvgIpc) is 2.54. The summed E-state index contributed by atoms with van der Waals surface area (Å²) in [5.41, 5.74) is 3.09. The fourth-order valence-corrected chi connectivity index (χ4v) is 3.47. The van der Waals surface area contributed by atoms with Crippen LogP contribution in [0.3, 0.4) is 0 Å². The van der Waals surface area contributed by atoms with Crippen molar-refractivity contribution in [3.63, 3.8) is 0 Å². The van der Waals surface area contributed by atoms with Crippen molar-refractivity contribution in [3.8, 4) is 0 Å². The lowest BCUT2D eigenvalue weighted by Crippen LogP contribution is -2.52. The molecule has 2 aliphatic rings. The van der Waals surface area contributed by atoms with Gasteiger partial charge in [0.05, 0.1) is 6.04 Å². The second kappa shape index (κ2) is 5.80. The van der Waals surface area contributed by atoms with Gasteiger partial charge in [0.25, 0.3) is 0 Å². The second-order valence-corrected chi connectivity index (χ2v) is 6.90. The second-order valence-electron chi connectivity index (χ2n) is 6.90. The van der Waals surface area contributed by atoms with Crippen molar-refractivity contribution in [2.75, 3.05) is 13.1 Å². The molecule has 0 saturated carbocycles. The van der Waals surface area contributed by atoms with Crippen molar-refractivity contribution in [2.45, 2.75) is 52.1 Å². The molecule has 1 saturated heterocycles. The maximum atomic E-state index is 12.7. The van der Waals surface area contributed by atoms with Crippen LogP contribution in [0, 0.1) is 5.41 Å². The van der Waals surface area contributed by atoms with E-state index in [9.17, 15) is 4.79 Å². The van der Waals surface area contributed by atoms with Crippen LogP contribution >= 0.6 is 0 Å². The van der Waals surface area contributed by atoms with Crippen LogP contribution in [0.15, 0.2) is 24.3 Å². The standard InChI is InChI=1S/C18H26N2O/c1-3-18(2)8-10-20(11-9-18)17(21)16-12-14-6-4-5-7-15(14)13-19-16/h4-7,16,19H,3,8-13H2,1-2H3/t16-/m0/s1. The molecular formula is C18H26N2O. The zero-order chi connectivity index (χ0) is 14.9. The van der Waals surface area contributed by atoms with Gasteiger partial charge in [0, 0.05) is 19.6 Å². The summed E-state index contributed by atoms with van der Waals surface area (Å²) in [7, 11) is 0. The molecule has 1 aromatic carbocycles. The summed E-state index contributed by atoms with van der Waals surface area (Å²) < 4.78 is 0. The van der Waals surface area contributed by atoms with Gasteiger partial charge >= 0.3 is 0 Å². The Morgan fingerprint density at radius 3 is 2.62 bits per heavy atom. The van der Waals surface area contributed by atoms with Crippen LogP contribution in [0.25, 0.3) is 0 Å². The van der Waals surface area contributed by atoms with Gasteiger partial charge in [-0.1, -0.05) is 44.5 Å². The quantitative estimate of drug-likeness (QED) is 0.906. The van der Waals surface area contributed by atoms with Crippen LogP contribution in [0.4, 0.5) is 0 Å². The van der Waals surface area contributed by atoms with Gasteiger partial charge in [-0.05, 0) is 35.8 Å². The number of hydrogen-bond donors (Lipinski definition) is 1. The minimum absolute atomic E-state index is 0.0362. The number of fused-ring (bicyclic) bond motifs is 1. The first-order valence-electron chi connectivity index (χ1n) is 8.20. The summed E-state index contributed by atoms with van der Waals surface area (Å²) in [5.74, 6) is 0.294. The molecule has 21 heavy (non-hydrogen) atoms. The number of piperidine rings is 1. The zero-order valence-corrected chi connectivity index (χ0v) is 13.2. The molecule has 114 valence electrons. The molecule has 0 aromatic heterocycles. The van der Waals surface area contributed by atoms with E-state index >= 15 is 0 Å². The average molecular weight is 286 g/mol. The Balaban J connectivity index is 1.63. The number of benzene rings is 1. The van der Waals surface area contributed by atoms with Crippen LogP contribution in [-0.2, 0) is 17.8 Å². The third-order valence-corrected chi connectivity index (χ3v) is 5.52. The maximum absolute atomic E-state index is 12.7. The SMILES string of the molecule is CCC1(C)CCN(C(=O)[C@@H]2Cc3ccccc3CN2)CC1. The van der Waals surface area contributed by atoms with E-state index in [4.69, 9.17) is 0 Å². The van der Waals surface area contributed by atoms with Gasteiger partial charge in [0.1, 0.15) is 0 Å². The topological polar surface area (TPSA) is 32.3 Å². The summed E-state index contributed by atoms with van der Waals surface area (Å²) in [6.07, 6.45) is 4.32. The summed E-state index contributed by atoms with van der Waals surface area (Å²) in [6.45, 7) is 7.26. The number of hydrogen-bond acceptors (Lipinski definition) is 2. The lowest BCUT2D eigenvalue weighted by molar-refractivity contribution is -0.135. The van der Waals surface area contributed by atoms with Gasteiger partial charge < -0.3 is 10.2 Å². The molecular weight excluding hydrogens is 260 g/mol. The van der Waals surface area contributed by atoms with E-state index in [0.29, 0.717) is 11.3 Å². The highest BCUT2D eigenvalue weighted by atomic mass is 16.2. The van der Waals surface area contributed by atoms with Crippen LogP contribution in [0.5, 0.6) is 0 Å². The Morgan fingerprint density at radius 1 is 1.29 bits per heavy atom. The van der Waals surface area contributed by atoms with Crippen molar-refractivity contribution >= 4 is 5.91 Å². The molecule has 3 nitrogen and oxygen atoms in total. The number of carbonyl (C=O) groups is 1. The predicted molar refractivity (Wildman–Crippen MR) is 85.0 cm³/mol. The number of carbonyl (C=O) groups excluding carboxylic acids is 1. The largest absolute Gasteiger partial charge is 0.341 e. The minimum atomic E-state index is -0.0362. The third-order valence-electron chi connectivity index (χ3n) is 5.52. The van der Waals surface area contributed by atoms with Gasteiger partial charge in [-0.25, -0.2) is 0 Å². The molecule has 1 N–H and O–H groups in total. The Kier molecular flexibility index (Phi) is 4.03. The predicted octanol–water partition coefficient (Wildman–Crippen LogP) is 2.74. The van der Waals surface area contributed by atoms with Crippen molar-refractivity contribution in [2.24, 2.45) is 5.41 Å². The van der Waals surface area contributed by atoms with E-state index in [1.807, 2.05) is 0 Å². The van der Waals surface area contributed by atoms with Crippen LogP contribution < -0.4 is 5.32 Å². The molecule has 0 bridgehead atoms. The van der Waals surface area contributed by atoms with Gasteiger partial charge in [-0.15, -0.1) is 0 Å². The van der Waals surface area contributed by atoms with Crippen molar-refractivity contribution in [1.29, 1.82) is 0 Å². The molecule has 1 atom stereocenters. The lowest BCUT2D eigenvalue weighted by atomic mass is 9.78. The smallest absolute Gasteiger partial charge is 0.240 e. The van der Waals surface area contributed by atoms with E-state index in [2.05, 4.69) is 48.3 Å². The highest BCUT2D eigenvalue weighted by Crippen LogP contribution is 2.34. The Labute approximate surface area is 127 Å². The summed E-state index contributed by atoms with van der Waals surface area (Å²) in [5, 5.41) is 3.42.